The van der Waals surface area contributed by atoms with Crippen molar-refractivity contribution in [3.63, 3.8) is 0 Å². The second-order valence-electron chi connectivity index (χ2n) is 4.61. The van der Waals surface area contributed by atoms with Gasteiger partial charge in [0.2, 0.25) is 0 Å². The number of amides is 1. The van der Waals surface area contributed by atoms with E-state index in [-0.39, 0.29) is 5.91 Å². The minimum Gasteiger partial charge on any atom is -0.479 e. The number of carbonyl (C=O) groups is 1. The van der Waals surface area contributed by atoms with Crippen LogP contribution >= 0.6 is 11.8 Å². The Balaban J connectivity index is 2.14. The maximum atomic E-state index is 11.5. The van der Waals surface area contributed by atoms with Crippen LogP contribution in [0.3, 0.4) is 0 Å². The molecular weight excluding hydrogens is 234 g/mol. The first-order chi connectivity index (χ1) is 8.06. The molecule has 0 saturated carbocycles. The third-order valence-electron chi connectivity index (χ3n) is 2.47. The molecule has 1 heterocycles. The summed E-state index contributed by atoms with van der Waals surface area (Å²) in [5, 5.41) is 2.86. The molecule has 1 atom stereocenters. The predicted octanol–water partition coefficient (Wildman–Crippen LogP) is 3.15. The van der Waals surface area contributed by atoms with Gasteiger partial charge < -0.3 is 10.1 Å². The molecule has 1 N–H and O–H groups in total. The third-order valence-corrected chi connectivity index (χ3v) is 3.89. The molecule has 0 aliphatic carbocycles. The summed E-state index contributed by atoms with van der Waals surface area (Å²) in [6.45, 7) is 6.13. The Bertz CT molecular complexity index is 431. The number of nitrogens with one attached hydrogen (secondary N) is 1. The second-order valence-corrected chi connectivity index (χ2v) is 5.71. The first kappa shape index (κ1) is 12.3. The smallest absolute Gasteiger partial charge is 0.265 e. The van der Waals surface area contributed by atoms with Crippen molar-refractivity contribution in [3.05, 3.63) is 18.2 Å². The van der Waals surface area contributed by atoms with Crippen LogP contribution in [0, 0.1) is 5.92 Å². The summed E-state index contributed by atoms with van der Waals surface area (Å²) in [6, 6.07) is 5.94. The van der Waals surface area contributed by atoms with E-state index in [9.17, 15) is 4.79 Å². The molecule has 1 aliphatic heterocycles. The van der Waals surface area contributed by atoms with E-state index in [2.05, 4.69) is 19.2 Å². The summed E-state index contributed by atoms with van der Waals surface area (Å²) in [7, 11) is 0. The third kappa shape index (κ3) is 2.94. The van der Waals surface area contributed by atoms with Crippen LogP contribution in [0.1, 0.15) is 20.8 Å². The molecule has 17 heavy (non-hydrogen) atoms. The predicted molar refractivity (Wildman–Crippen MR) is 70.7 cm³/mol. The summed E-state index contributed by atoms with van der Waals surface area (Å²) < 4.78 is 5.50. The molecule has 1 aromatic carbocycles. The van der Waals surface area contributed by atoms with Crippen molar-refractivity contribution in [1.82, 2.24) is 0 Å². The van der Waals surface area contributed by atoms with Crippen molar-refractivity contribution < 1.29 is 9.53 Å². The summed E-state index contributed by atoms with van der Waals surface area (Å²) in [5.41, 5.74) is 0.779. The number of ether oxygens (including phenoxy) is 1. The molecule has 0 bridgehead atoms. The van der Waals surface area contributed by atoms with Crippen LogP contribution < -0.4 is 10.1 Å². The zero-order valence-electron chi connectivity index (χ0n) is 10.3. The van der Waals surface area contributed by atoms with Crippen LogP contribution in [-0.2, 0) is 4.79 Å². The van der Waals surface area contributed by atoms with Crippen molar-refractivity contribution >= 4 is 23.4 Å². The Morgan fingerprint density at radius 3 is 2.94 bits per heavy atom. The van der Waals surface area contributed by atoms with Crippen LogP contribution in [0.25, 0.3) is 0 Å². The number of hydrogen-bond acceptors (Lipinski definition) is 3. The van der Waals surface area contributed by atoms with Gasteiger partial charge in [-0.3, -0.25) is 4.79 Å². The molecule has 0 radical (unpaired) electrons. The minimum absolute atomic E-state index is 0.0801. The zero-order chi connectivity index (χ0) is 12.4. The molecule has 0 fully saturated rings. The fourth-order valence-electron chi connectivity index (χ4n) is 1.54. The van der Waals surface area contributed by atoms with E-state index < -0.39 is 6.10 Å². The van der Waals surface area contributed by atoms with Gasteiger partial charge in [-0.1, -0.05) is 13.8 Å². The topological polar surface area (TPSA) is 38.3 Å². The van der Waals surface area contributed by atoms with Gasteiger partial charge in [0.15, 0.2) is 6.10 Å². The monoisotopic (exact) mass is 251 g/mol. The SMILES string of the molecule is CC(C)CSc1ccc2c(c1)NC(=O)C(C)O2. The number of benzene rings is 1. The Kier molecular flexibility index (Phi) is 3.62. The Morgan fingerprint density at radius 2 is 2.24 bits per heavy atom. The summed E-state index contributed by atoms with van der Waals surface area (Å²) in [4.78, 5) is 12.7. The van der Waals surface area contributed by atoms with Crippen LogP contribution in [0.2, 0.25) is 0 Å². The van der Waals surface area contributed by atoms with Crippen LogP contribution in [-0.4, -0.2) is 17.8 Å². The highest BCUT2D eigenvalue weighted by Crippen LogP contribution is 2.34. The molecule has 3 nitrogen and oxygen atoms in total. The van der Waals surface area contributed by atoms with Gasteiger partial charge in [0.25, 0.3) is 5.91 Å². The fraction of sp³-hybridized carbons (Fsp3) is 0.462. The van der Waals surface area contributed by atoms with Crippen molar-refractivity contribution in [2.45, 2.75) is 31.8 Å². The van der Waals surface area contributed by atoms with Crippen LogP contribution in [0.15, 0.2) is 23.1 Å². The van der Waals surface area contributed by atoms with Gasteiger partial charge in [-0.2, -0.15) is 0 Å². The van der Waals surface area contributed by atoms with E-state index in [0.717, 1.165) is 22.1 Å². The number of anilines is 1. The largest absolute Gasteiger partial charge is 0.479 e. The quantitative estimate of drug-likeness (QED) is 0.839. The van der Waals surface area contributed by atoms with Gasteiger partial charge >= 0.3 is 0 Å². The van der Waals surface area contributed by atoms with Crippen molar-refractivity contribution in [2.24, 2.45) is 5.92 Å². The summed E-state index contributed by atoms with van der Waals surface area (Å²) in [5.74, 6) is 2.40. The van der Waals surface area contributed by atoms with E-state index in [0.29, 0.717) is 5.92 Å². The van der Waals surface area contributed by atoms with Gasteiger partial charge in [-0.25, -0.2) is 0 Å². The average Bonchev–Trinajstić information content (AvgIpc) is 2.28. The summed E-state index contributed by atoms with van der Waals surface area (Å²) >= 11 is 1.80. The normalized spacial score (nSPS) is 18.6. The number of rotatable bonds is 3. The lowest BCUT2D eigenvalue weighted by atomic mass is 10.2. The molecule has 92 valence electrons. The summed E-state index contributed by atoms with van der Waals surface area (Å²) in [6.07, 6.45) is -0.406. The number of hydrogen-bond donors (Lipinski definition) is 1. The van der Waals surface area contributed by atoms with E-state index in [4.69, 9.17) is 4.74 Å². The highest BCUT2D eigenvalue weighted by Gasteiger charge is 2.23. The average molecular weight is 251 g/mol. The van der Waals surface area contributed by atoms with Crippen LogP contribution in [0.5, 0.6) is 5.75 Å². The molecule has 1 amide bonds. The highest BCUT2D eigenvalue weighted by molar-refractivity contribution is 7.99. The molecule has 4 heteroatoms. The second kappa shape index (κ2) is 5.00. The number of thioether (sulfide) groups is 1. The molecule has 1 unspecified atom stereocenters. The number of carbonyl (C=O) groups excluding carboxylic acids is 1. The molecule has 0 aromatic heterocycles. The van der Waals surface area contributed by atoms with Gasteiger partial charge in [-0.15, -0.1) is 11.8 Å². The van der Waals surface area contributed by atoms with Gasteiger partial charge in [0.05, 0.1) is 5.69 Å². The van der Waals surface area contributed by atoms with E-state index >= 15 is 0 Å². The lowest BCUT2D eigenvalue weighted by Crippen LogP contribution is -2.34. The lowest BCUT2D eigenvalue weighted by molar-refractivity contribution is -0.122. The molecule has 0 spiro atoms. The Hall–Kier alpha value is -1.16. The zero-order valence-corrected chi connectivity index (χ0v) is 11.1. The minimum atomic E-state index is -0.406. The molecule has 1 aromatic rings. The molecule has 2 rings (SSSR count). The van der Waals surface area contributed by atoms with Gasteiger partial charge in [-0.05, 0) is 31.0 Å². The fourth-order valence-corrected chi connectivity index (χ4v) is 2.43. The Labute approximate surface area is 106 Å². The number of fused-ring (bicyclic) bond motifs is 1. The van der Waals surface area contributed by atoms with Gasteiger partial charge in [0, 0.05) is 10.6 Å². The van der Waals surface area contributed by atoms with E-state index in [1.807, 2.05) is 18.2 Å². The maximum absolute atomic E-state index is 11.5. The van der Waals surface area contributed by atoms with E-state index in [1.165, 1.54) is 0 Å². The van der Waals surface area contributed by atoms with E-state index in [1.54, 1.807) is 18.7 Å². The molecule has 1 aliphatic rings. The van der Waals surface area contributed by atoms with Crippen molar-refractivity contribution in [1.29, 1.82) is 0 Å². The molecular formula is C13H17NO2S. The molecule has 0 saturated heterocycles. The maximum Gasteiger partial charge on any atom is 0.265 e. The van der Waals surface area contributed by atoms with Crippen molar-refractivity contribution in [2.75, 3.05) is 11.1 Å². The first-order valence-corrected chi connectivity index (χ1v) is 6.79. The first-order valence-electron chi connectivity index (χ1n) is 5.80. The standard InChI is InChI=1S/C13H17NO2S/c1-8(2)7-17-10-4-5-12-11(6-10)14-13(15)9(3)16-12/h4-6,8-9H,7H2,1-3H3,(H,14,15). The lowest BCUT2D eigenvalue weighted by Gasteiger charge is -2.23. The van der Waals surface area contributed by atoms with Gasteiger partial charge in [0.1, 0.15) is 5.75 Å². The highest BCUT2D eigenvalue weighted by atomic mass is 32.2. The van der Waals surface area contributed by atoms with Crippen molar-refractivity contribution in [3.8, 4) is 5.75 Å². The Morgan fingerprint density at radius 1 is 1.47 bits per heavy atom. The van der Waals surface area contributed by atoms with Crippen LogP contribution in [0.4, 0.5) is 5.69 Å².